The van der Waals surface area contributed by atoms with Gasteiger partial charge in [0.15, 0.2) is 0 Å². The first-order valence-corrected chi connectivity index (χ1v) is 7.36. The Bertz CT molecular complexity index is 695. The number of nitrogens with one attached hydrogen (secondary N) is 2. The van der Waals surface area contributed by atoms with Crippen molar-refractivity contribution in [1.82, 2.24) is 9.97 Å². The van der Waals surface area contributed by atoms with Gasteiger partial charge in [-0.15, -0.1) is 0 Å². The van der Waals surface area contributed by atoms with Gasteiger partial charge in [-0.1, -0.05) is 12.1 Å². The third-order valence-corrected chi connectivity index (χ3v) is 3.36. The van der Waals surface area contributed by atoms with E-state index in [1.165, 1.54) is 0 Å². The van der Waals surface area contributed by atoms with Crippen LogP contribution in [0.5, 0.6) is 0 Å². The lowest BCUT2D eigenvalue weighted by molar-refractivity contribution is 0.102. The third-order valence-electron chi connectivity index (χ3n) is 3.36. The van der Waals surface area contributed by atoms with E-state index >= 15 is 0 Å². The number of hydrogen-bond acceptors (Lipinski definition) is 4. The van der Waals surface area contributed by atoms with Crippen LogP contribution in [0.1, 0.15) is 41.2 Å². The fourth-order valence-electron chi connectivity index (χ4n) is 2.08. The van der Waals surface area contributed by atoms with Crippen molar-refractivity contribution in [2.75, 3.05) is 10.6 Å². The Labute approximate surface area is 131 Å². The van der Waals surface area contributed by atoms with Crippen LogP contribution in [0.2, 0.25) is 0 Å². The Morgan fingerprint density at radius 2 is 1.86 bits per heavy atom. The summed E-state index contributed by atoms with van der Waals surface area (Å²) in [4.78, 5) is 21.0. The van der Waals surface area contributed by atoms with Gasteiger partial charge in [-0.3, -0.25) is 4.79 Å². The molecular weight excluding hydrogens is 276 g/mol. The Balaban J connectivity index is 2.26. The molecule has 5 heteroatoms. The summed E-state index contributed by atoms with van der Waals surface area (Å²) in [6.45, 7) is 9.86. The lowest BCUT2D eigenvalue weighted by Gasteiger charge is -2.12. The van der Waals surface area contributed by atoms with Crippen LogP contribution in [0.3, 0.4) is 0 Å². The first kappa shape index (κ1) is 15.9. The summed E-state index contributed by atoms with van der Waals surface area (Å²) in [6.07, 6.45) is 0. The third kappa shape index (κ3) is 3.81. The van der Waals surface area contributed by atoms with E-state index in [4.69, 9.17) is 0 Å². The number of benzene rings is 1. The number of nitrogens with zero attached hydrogens (tertiary/aromatic N) is 2. The van der Waals surface area contributed by atoms with Gasteiger partial charge in [-0.05, 0) is 57.9 Å². The van der Waals surface area contributed by atoms with Crippen molar-refractivity contribution < 1.29 is 4.79 Å². The number of anilines is 2. The highest BCUT2D eigenvalue weighted by molar-refractivity contribution is 6.03. The molecule has 1 amide bonds. The predicted octanol–water partition coefficient (Wildman–Crippen LogP) is 3.47. The smallest absolute Gasteiger partial charge is 0.274 e. The molecule has 5 nitrogen and oxygen atoms in total. The molecule has 2 N–H and O–H groups in total. The Hall–Kier alpha value is -2.43. The monoisotopic (exact) mass is 298 g/mol. The topological polar surface area (TPSA) is 66.9 Å². The molecule has 1 aromatic carbocycles. The van der Waals surface area contributed by atoms with E-state index in [2.05, 4.69) is 20.6 Å². The lowest BCUT2D eigenvalue weighted by atomic mass is 10.1. The second-order valence-electron chi connectivity index (χ2n) is 5.72. The van der Waals surface area contributed by atoms with Gasteiger partial charge >= 0.3 is 0 Å². The molecule has 22 heavy (non-hydrogen) atoms. The zero-order valence-electron chi connectivity index (χ0n) is 13.7. The minimum atomic E-state index is -0.231. The maximum absolute atomic E-state index is 12.4. The zero-order valence-corrected chi connectivity index (χ0v) is 13.7. The Morgan fingerprint density at radius 1 is 1.14 bits per heavy atom. The van der Waals surface area contributed by atoms with Crippen LogP contribution >= 0.6 is 0 Å². The minimum absolute atomic E-state index is 0.205. The first-order chi connectivity index (χ1) is 10.4. The molecule has 0 aliphatic rings. The quantitative estimate of drug-likeness (QED) is 0.907. The summed E-state index contributed by atoms with van der Waals surface area (Å²) >= 11 is 0. The average molecular weight is 298 g/mol. The largest absolute Gasteiger partial charge is 0.352 e. The van der Waals surface area contributed by atoms with Crippen molar-refractivity contribution in [3.05, 3.63) is 46.8 Å². The van der Waals surface area contributed by atoms with Gasteiger partial charge in [-0.2, -0.15) is 0 Å². The van der Waals surface area contributed by atoms with Gasteiger partial charge < -0.3 is 10.6 Å². The molecule has 2 aromatic rings. The SMILES string of the molecule is Cc1cc(C(=O)Nc2cccc(C)c2C)nc(NC(C)C)n1. The number of amides is 1. The highest BCUT2D eigenvalue weighted by Gasteiger charge is 2.12. The number of carbonyl (C=O) groups excluding carboxylic acids is 1. The van der Waals surface area contributed by atoms with E-state index in [-0.39, 0.29) is 11.9 Å². The second-order valence-corrected chi connectivity index (χ2v) is 5.72. The van der Waals surface area contributed by atoms with Crippen molar-refractivity contribution in [3.8, 4) is 0 Å². The van der Waals surface area contributed by atoms with Crippen LogP contribution in [0.25, 0.3) is 0 Å². The molecule has 0 fully saturated rings. The molecule has 1 aromatic heterocycles. The summed E-state index contributed by atoms with van der Waals surface area (Å²) in [5.74, 6) is 0.243. The summed E-state index contributed by atoms with van der Waals surface area (Å²) in [5.41, 5.74) is 4.11. The Morgan fingerprint density at radius 3 is 2.55 bits per heavy atom. The van der Waals surface area contributed by atoms with Gasteiger partial charge in [0, 0.05) is 17.4 Å². The second kappa shape index (κ2) is 6.56. The molecule has 1 heterocycles. The molecule has 0 bridgehead atoms. The van der Waals surface area contributed by atoms with Crippen molar-refractivity contribution in [2.45, 2.75) is 40.7 Å². The predicted molar refractivity (Wildman–Crippen MR) is 89.4 cm³/mol. The van der Waals surface area contributed by atoms with E-state index in [1.807, 2.05) is 52.8 Å². The van der Waals surface area contributed by atoms with Crippen LogP contribution in [0, 0.1) is 20.8 Å². The van der Waals surface area contributed by atoms with Crippen molar-refractivity contribution >= 4 is 17.5 Å². The van der Waals surface area contributed by atoms with E-state index in [1.54, 1.807) is 6.07 Å². The summed E-state index contributed by atoms with van der Waals surface area (Å²) < 4.78 is 0. The first-order valence-electron chi connectivity index (χ1n) is 7.36. The van der Waals surface area contributed by atoms with Gasteiger partial charge in [0.05, 0.1) is 0 Å². The molecule has 0 aliphatic carbocycles. The molecule has 116 valence electrons. The average Bonchev–Trinajstić information content (AvgIpc) is 2.42. The highest BCUT2D eigenvalue weighted by Crippen LogP contribution is 2.19. The fourth-order valence-corrected chi connectivity index (χ4v) is 2.08. The number of aryl methyl sites for hydroxylation is 2. The Kier molecular flexibility index (Phi) is 4.75. The molecule has 0 radical (unpaired) electrons. The molecule has 0 saturated heterocycles. The van der Waals surface area contributed by atoms with E-state index in [9.17, 15) is 4.79 Å². The standard InChI is InChI=1S/C17H22N4O/c1-10(2)18-17-19-12(4)9-15(21-17)16(22)20-14-8-6-7-11(3)13(14)5/h6-10H,1-5H3,(H,20,22)(H,18,19,21). The zero-order chi connectivity index (χ0) is 16.3. The van der Waals surface area contributed by atoms with Crippen molar-refractivity contribution in [3.63, 3.8) is 0 Å². The highest BCUT2D eigenvalue weighted by atomic mass is 16.1. The number of hydrogen-bond donors (Lipinski definition) is 2. The summed E-state index contributed by atoms with van der Waals surface area (Å²) in [7, 11) is 0. The summed E-state index contributed by atoms with van der Waals surface area (Å²) in [5, 5.41) is 6.04. The lowest BCUT2D eigenvalue weighted by Crippen LogP contribution is -2.18. The summed E-state index contributed by atoms with van der Waals surface area (Å²) in [6, 6.07) is 7.73. The van der Waals surface area contributed by atoms with Gasteiger partial charge in [0.25, 0.3) is 5.91 Å². The van der Waals surface area contributed by atoms with Gasteiger partial charge in [0.2, 0.25) is 5.95 Å². The van der Waals surface area contributed by atoms with Crippen LogP contribution in [-0.4, -0.2) is 21.9 Å². The molecule has 0 aliphatic heterocycles. The van der Waals surface area contributed by atoms with E-state index in [0.29, 0.717) is 11.6 Å². The number of aromatic nitrogens is 2. The van der Waals surface area contributed by atoms with Gasteiger partial charge in [0.1, 0.15) is 5.69 Å². The molecule has 0 unspecified atom stereocenters. The van der Waals surface area contributed by atoms with Crippen molar-refractivity contribution in [1.29, 1.82) is 0 Å². The normalized spacial score (nSPS) is 10.6. The maximum Gasteiger partial charge on any atom is 0.274 e. The molecule has 2 rings (SSSR count). The van der Waals surface area contributed by atoms with Crippen molar-refractivity contribution in [2.24, 2.45) is 0 Å². The number of rotatable bonds is 4. The van der Waals surface area contributed by atoms with Crippen LogP contribution in [-0.2, 0) is 0 Å². The van der Waals surface area contributed by atoms with Crippen LogP contribution in [0.15, 0.2) is 24.3 Å². The molecule has 0 saturated carbocycles. The maximum atomic E-state index is 12.4. The number of carbonyl (C=O) groups is 1. The molecular formula is C17H22N4O. The van der Waals surface area contributed by atoms with Crippen LogP contribution < -0.4 is 10.6 Å². The fraction of sp³-hybridized carbons (Fsp3) is 0.353. The molecule has 0 spiro atoms. The van der Waals surface area contributed by atoms with Gasteiger partial charge in [-0.25, -0.2) is 9.97 Å². The minimum Gasteiger partial charge on any atom is -0.352 e. The van der Waals surface area contributed by atoms with E-state index in [0.717, 1.165) is 22.5 Å². The van der Waals surface area contributed by atoms with E-state index < -0.39 is 0 Å². The molecule has 0 atom stereocenters. The van der Waals surface area contributed by atoms with Crippen LogP contribution in [0.4, 0.5) is 11.6 Å².